The van der Waals surface area contributed by atoms with Gasteiger partial charge in [0.05, 0.1) is 34.4 Å². The maximum atomic E-state index is 12.8. The molecule has 0 aromatic rings. The summed E-state index contributed by atoms with van der Waals surface area (Å²) in [5.41, 5.74) is 0. The molecule has 0 saturated heterocycles. The average molecular weight is 821 g/mol. The normalized spacial score (nSPS) is 13.1. The van der Waals surface area contributed by atoms with Crippen molar-refractivity contribution in [3.63, 3.8) is 0 Å². The van der Waals surface area contributed by atoms with Gasteiger partial charge in [0.15, 0.2) is 12.1 Å². The zero-order valence-electron chi connectivity index (χ0n) is 38.8. The predicted molar refractivity (Wildman–Crippen MR) is 243 cm³/mol. The molecule has 2 unspecified atom stereocenters. The Kier molecular flexibility index (Phi) is 40.0. The van der Waals surface area contributed by atoms with Crippen LogP contribution in [0.3, 0.4) is 0 Å². The number of quaternary nitrogens is 1. The smallest absolute Gasteiger partial charge is 0.362 e. The second-order valence-electron chi connectivity index (χ2n) is 17.7. The highest BCUT2D eigenvalue weighted by Crippen LogP contribution is 2.15. The molecule has 0 bridgehead atoms. The molecule has 0 aromatic heterocycles. The van der Waals surface area contributed by atoms with Gasteiger partial charge >= 0.3 is 17.9 Å². The number of ether oxygens (including phenoxy) is 3. The minimum absolute atomic E-state index is 0.0517. The number of hydrogen-bond donors (Lipinski definition) is 1. The lowest BCUT2D eigenvalue weighted by molar-refractivity contribution is -0.887. The van der Waals surface area contributed by atoms with E-state index in [1.165, 1.54) is 154 Å². The number of hydrogen-bond acceptors (Lipinski definition) is 6. The van der Waals surface area contributed by atoms with Gasteiger partial charge in [0.1, 0.15) is 6.61 Å². The Morgan fingerprint density at radius 2 is 0.862 bits per heavy atom. The zero-order chi connectivity index (χ0) is 42.8. The summed E-state index contributed by atoms with van der Waals surface area (Å²) in [6.07, 6.45) is 46.4. The molecule has 0 aliphatic rings. The number of carboxylic acids is 1. The molecule has 0 aliphatic heterocycles. The van der Waals surface area contributed by atoms with E-state index in [2.05, 4.69) is 38.2 Å². The van der Waals surface area contributed by atoms with E-state index in [4.69, 9.17) is 14.2 Å². The molecule has 0 aliphatic carbocycles. The van der Waals surface area contributed by atoms with Crippen LogP contribution in [0.25, 0.3) is 0 Å². The lowest BCUT2D eigenvalue weighted by Gasteiger charge is -2.31. The molecule has 58 heavy (non-hydrogen) atoms. The third-order valence-corrected chi connectivity index (χ3v) is 11.1. The van der Waals surface area contributed by atoms with Crippen LogP contribution in [0.15, 0.2) is 24.3 Å². The summed E-state index contributed by atoms with van der Waals surface area (Å²) in [5.74, 6) is -1.47. The molecular weight excluding hydrogens is 727 g/mol. The molecule has 0 amide bonds. The lowest BCUT2D eigenvalue weighted by atomic mass is 10.1. The van der Waals surface area contributed by atoms with Gasteiger partial charge in [-0.25, -0.2) is 4.79 Å². The first-order chi connectivity index (χ1) is 28.1. The summed E-state index contributed by atoms with van der Waals surface area (Å²) in [6.45, 7) is 4.74. The van der Waals surface area contributed by atoms with Gasteiger partial charge in [0.25, 0.3) is 0 Å². The fraction of sp³-hybridized carbons (Fsp3) is 0.860. The Hall–Kier alpha value is -2.19. The standard InChI is InChI=1S/C50H93NO7/c1-6-8-10-12-14-16-18-20-22-24-26-28-30-32-34-36-38-40-48(52)57-45-46(44-56-43-42-47(50(54)55)51(3,4)5)58-49(53)41-39-37-35-33-31-29-27-25-23-21-19-17-15-13-11-9-7-2/h20-23,46-47H,6-19,24-45H2,1-5H3/p+1/b22-20-,23-21-. The van der Waals surface area contributed by atoms with Gasteiger partial charge in [-0.1, -0.05) is 167 Å². The fourth-order valence-corrected chi connectivity index (χ4v) is 7.26. The van der Waals surface area contributed by atoms with Crippen molar-refractivity contribution in [2.45, 2.75) is 238 Å². The fourth-order valence-electron chi connectivity index (χ4n) is 7.26. The molecule has 0 rings (SSSR count). The molecule has 340 valence electrons. The number of carbonyl (C=O) groups excluding carboxylic acids is 2. The Morgan fingerprint density at radius 3 is 1.24 bits per heavy atom. The first-order valence-corrected chi connectivity index (χ1v) is 24.4. The topological polar surface area (TPSA) is 99.1 Å². The van der Waals surface area contributed by atoms with Gasteiger partial charge in [-0.2, -0.15) is 0 Å². The molecule has 2 atom stereocenters. The third kappa shape index (κ3) is 39.3. The van der Waals surface area contributed by atoms with Crippen LogP contribution in [0.1, 0.15) is 226 Å². The highest BCUT2D eigenvalue weighted by Gasteiger charge is 2.31. The van der Waals surface area contributed by atoms with Gasteiger partial charge in [0.2, 0.25) is 0 Å². The van der Waals surface area contributed by atoms with Crippen LogP contribution in [-0.2, 0) is 28.6 Å². The molecule has 8 heteroatoms. The van der Waals surface area contributed by atoms with Crippen molar-refractivity contribution in [3.8, 4) is 0 Å². The molecule has 0 fully saturated rings. The minimum Gasteiger partial charge on any atom is -0.477 e. The summed E-state index contributed by atoms with van der Waals surface area (Å²) < 4.78 is 17.3. The number of nitrogens with zero attached hydrogens (tertiary/aromatic N) is 1. The van der Waals surface area contributed by atoms with Gasteiger partial charge < -0.3 is 23.8 Å². The second kappa shape index (κ2) is 41.5. The SMILES string of the molecule is CCCCCCCC/C=C\CCCCCCCCCC(=O)OCC(COCCC(C(=O)O)[N+](C)(C)C)OC(=O)CCCCCCCCC/C=C\CCCCCCCC. The molecule has 0 saturated carbocycles. The summed E-state index contributed by atoms with van der Waals surface area (Å²) in [6, 6.07) is -0.614. The molecule has 0 spiro atoms. The quantitative estimate of drug-likeness (QED) is 0.0283. The summed E-state index contributed by atoms with van der Waals surface area (Å²) in [7, 11) is 5.53. The largest absolute Gasteiger partial charge is 0.477 e. The van der Waals surface area contributed by atoms with E-state index < -0.39 is 18.1 Å². The number of carbonyl (C=O) groups is 3. The van der Waals surface area contributed by atoms with E-state index >= 15 is 0 Å². The summed E-state index contributed by atoms with van der Waals surface area (Å²) in [5, 5.41) is 9.64. The van der Waals surface area contributed by atoms with Crippen LogP contribution in [0, 0.1) is 0 Å². The molecule has 0 radical (unpaired) electrons. The number of aliphatic carboxylic acids is 1. The number of rotatable bonds is 44. The van der Waals surface area contributed by atoms with Gasteiger partial charge in [0, 0.05) is 19.3 Å². The van der Waals surface area contributed by atoms with Gasteiger partial charge in [-0.05, 0) is 64.2 Å². The van der Waals surface area contributed by atoms with Crippen molar-refractivity contribution < 1.29 is 38.2 Å². The molecule has 0 aromatic carbocycles. The molecule has 1 N–H and O–H groups in total. The van der Waals surface area contributed by atoms with E-state index in [0.29, 0.717) is 19.3 Å². The van der Waals surface area contributed by atoms with Crippen molar-refractivity contribution in [3.05, 3.63) is 24.3 Å². The van der Waals surface area contributed by atoms with Crippen molar-refractivity contribution in [2.75, 3.05) is 41.0 Å². The van der Waals surface area contributed by atoms with E-state index in [1.807, 2.05) is 21.1 Å². The van der Waals surface area contributed by atoms with Crippen molar-refractivity contribution >= 4 is 17.9 Å². The van der Waals surface area contributed by atoms with Crippen molar-refractivity contribution in [1.29, 1.82) is 0 Å². The van der Waals surface area contributed by atoms with Crippen LogP contribution >= 0.6 is 0 Å². The lowest BCUT2D eigenvalue weighted by Crippen LogP contribution is -2.50. The minimum atomic E-state index is -0.874. The highest BCUT2D eigenvalue weighted by atomic mass is 16.6. The van der Waals surface area contributed by atoms with Crippen LogP contribution in [0.2, 0.25) is 0 Å². The first kappa shape index (κ1) is 55.8. The molecular formula is C50H94NO7+. The first-order valence-electron chi connectivity index (χ1n) is 24.4. The Morgan fingerprint density at radius 1 is 0.500 bits per heavy atom. The van der Waals surface area contributed by atoms with E-state index in [0.717, 1.165) is 38.5 Å². The number of unbranched alkanes of at least 4 members (excludes halogenated alkanes) is 26. The second-order valence-corrected chi connectivity index (χ2v) is 17.7. The third-order valence-electron chi connectivity index (χ3n) is 11.1. The highest BCUT2D eigenvalue weighted by molar-refractivity contribution is 5.72. The Bertz CT molecular complexity index is 1000. The van der Waals surface area contributed by atoms with Crippen LogP contribution in [-0.4, -0.2) is 80.6 Å². The predicted octanol–water partition coefficient (Wildman–Crippen LogP) is 13.6. The Balaban J connectivity index is 4.28. The number of likely N-dealkylation sites (N-methyl/N-ethyl adjacent to an activating group) is 1. The number of allylic oxidation sites excluding steroid dienone is 4. The summed E-state index contributed by atoms with van der Waals surface area (Å²) >= 11 is 0. The van der Waals surface area contributed by atoms with Crippen LogP contribution in [0.4, 0.5) is 0 Å². The summed E-state index contributed by atoms with van der Waals surface area (Å²) in [4.78, 5) is 37.1. The Labute approximate surface area is 358 Å². The maximum absolute atomic E-state index is 12.8. The monoisotopic (exact) mass is 821 g/mol. The molecule has 0 heterocycles. The van der Waals surface area contributed by atoms with Crippen molar-refractivity contribution in [2.24, 2.45) is 0 Å². The van der Waals surface area contributed by atoms with E-state index in [9.17, 15) is 19.5 Å². The van der Waals surface area contributed by atoms with E-state index in [-0.39, 0.29) is 36.2 Å². The zero-order valence-corrected chi connectivity index (χ0v) is 38.8. The van der Waals surface area contributed by atoms with Crippen molar-refractivity contribution in [1.82, 2.24) is 0 Å². The van der Waals surface area contributed by atoms with Gasteiger partial charge in [-0.3, -0.25) is 9.59 Å². The van der Waals surface area contributed by atoms with Gasteiger partial charge in [-0.15, -0.1) is 0 Å². The average Bonchev–Trinajstić information content (AvgIpc) is 3.18. The van der Waals surface area contributed by atoms with E-state index in [1.54, 1.807) is 0 Å². The molecule has 8 nitrogen and oxygen atoms in total. The maximum Gasteiger partial charge on any atom is 0.362 e. The number of esters is 2. The van der Waals surface area contributed by atoms with Crippen LogP contribution < -0.4 is 0 Å². The van der Waals surface area contributed by atoms with Crippen LogP contribution in [0.5, 0.6) is 0 Å². The number of carboxylic acid groups (broad SMARTS) is 1.